The molecular formula is C18H15FN4O3. The fourth-order valence-corrected chi connectivity index (χ4v) is 2.69. The van der Waals surface area contributed by atoms with Crippen LogP contribution in [0.1, 0.15) is 24.2 Å². The molecule has 1 unspecified atom stereocenters. The highest BCUT2D eigenvalue weighted by atomic mass is 19.1. The van der Waals surface area contributed by atoms with Crippen LogP contribution in [0.5, 0.6) is 0 Å². The van der Waals surface area contributed by atoms with Crippen molar-refractivity contribution in [1.29, 1.82) is 0 Å². The lowest BCUT2D eigenvalue weighted by Crippen LogP contribution is -2.33. The van der Waals surface area contributed by atoms with E-state index in [4.69, 9.17) is 4.74 Å². The van der Waals surface area contributed by atoms with E-state index in [-0.39, 0.29) is 17.2 Å². The highest BCUT2D eigenvalue weighted by Gasteiger charge is 2.31. The van der Waals surface area contributed by atoms with Gasteiger partial charge in [0, 0.05) is 11.9 Å². The molecule has 0 bridgehead atoms. The molecule has 1 atom stereocenters. The number of esters is 1. The minimum Gasteiger partial charge on any atom is -0.466 e. The van der Waals surface area contributed by atoms with Crippen LogP contribution in [0, 0.1) is 10.7 Å². The number of aromatic nitrogens is 1. The molecule has 1 aromatic carbocycles. The maximum Gasteiger partial charge on any atom is 0.338 e. The molecule has 2 heterocycles. The summed E-state index contributed by atoms with van der Waals surface area (Å²) in [7, 11) is 1.27. The van der Waals surface area contributed by atoms with E-state index in [1.165, 1.54) is 37.6 Å². The van der Waals surface area contributed by atoms with E-state index < -0.39 is 17.8 Å². The van der Waals surface area contributed by atoms with Crippen LogP contribution in [0.2, 0.25) is 0 Å². The number of carbonyl (C=O) groups excluding carboxylic acids is 1. The number of allylic oxidation sites excluding steroid dienone is 1. The van der Waals surface area contributed by atoms with Crippen molar-refractivity contribution in [1.82, 2.24) is 10.3 Å². The average Bonchev–Trinajstić information content (AvgIpc) is 2.67. The number of nitrogens with zero attached hydrogens (tertiary/aromatic N) is 3. The quantitative estimate of drug-likeness (QED) is 0.672. The molecule has 7 nitrogen and oxygen atoms in total. The first kappa shape index (κ1) is 17.4. The first-order valence-corrected chi connectivity index (χ1v) is 7.73. The standard InChI is InChI=1S/C18H15FN4O3/c1-10-14(18(24)26-2)15(11-5-7-12(23-25)8-6-11)22-17(21-10)16-13(19)4-3-9-20-16/h3-9,15H,1-2H3,(H,21,22). The van der Waals surface area contributed by atoms with Crippen molar-refractivity contribution in [2.75, 3.05) is 7.11 Å². The third-order valence-corrected chi connectivity index (χ3v) is 3.94. The van der Waals surface area contributed by atoms with E-state index >= 15 is 0 Å². The molecule has 1 aliphatic rings. The van der Waals surface area contributed by atoms with Gasteiger partial charge >= 0.3 is 5.97 Å². The van der Waals surface area contributed by atoms with Crippen molar-refractivity contribution in [2.24, 2.45) is 10.2 Å². The van der Waals surface area contributed by atoms with E-state index in [1.54, 1.807) is 19.1 Å². The number of nitroso groups, excluding NO2 is 1. The normalized spacial score (nSPS) is 16.6. The molecule has 0 saturated carbocycles. The number of rotatable bonds is 4. The first-order chi connectivity index (χ1) is 12.5. The smallest absolute Gasteiger partial charge is 0.338 e. The van der Waals surface area contributed by atoms with Crippen molar-refractivity contribution < 1.29 is 13.9 Å². The summed E-state index contributed by atoms with van der Waals surface area (Å²) in [5, 5.41) is 5.77. The molecule has 0 amide bonds. The Bertz CT molecular complexity index is 922. The zero-order valence-electron chi connectivity index (χ0n) is 14.1. The van der Waals surface area contributed by atoms with Crippen LogP contribution in [0.3, 0.4) is 0 Å². The molecule has 0 radical (unpaired) electrons. The number of methoxy groups -OCH3 is 1. The molecule has 2 aromatic rings. The lowest BCUT2D eigenvalue weighted by molar-refractivity contribution is -0.136. The van der Waals surface area contributed by atoms with Crippen LogP contribution in [0.4, 0.5) is 10.1 Å². The number of pyridine rings is 1. The van der Waals surface area contributed by atoms with Gasteiger partial charge in [-0.1, -0.05) is 12.1 Å². The maximum atomic E-state index is 14.1. The van der Waals surface area contributed by atoms with Crippen molar-refractivity contribution in [3.05, 3.63) is 75.8 Å². The van der Waals surface area contributed by atoms with Gasteiger partial charge < -0.3 is 10.1 Å². The number of hydrogen-bond acceptors (Lipinski definition) is 7. The van der Waals surface area contributed by atoms with Crippen LogP contribution in [-0.2, 0) is 9.53 Å². The minimum atomic E-state index is -0.735. The second-order valence-corrected chi connectivity index (χ2v) is 5.55. The molecule has 0 saturated heterocycles. The van der Waals surface area contributed by atoms with Gasteiger partial charge in [-0.2, -0.15) is 0 Å². The van der Waals surface area contributed by atoms with Gasteiger partial charge in [0.2, 0.25) is 0 Å². The number of aliphatic imine (C=N–C) groups is 1. The fourth-order valence-electron chi connectivity index (χ4n) is 2.69. The number of carbonyl (C=O) groups is 1. The van der Waals surface area contributed by atoms with Gasteiger partial charge in [-0.05, 0) is 41.9 Å². The summed E-state index contributed by atoms with van der Waals surface area (Å²) in [6.07, 6.45) is 1.46. The molecule has 3 rings (SSSR count). The second kappa shape index (κ2) is 7.22. The Hall–Kier alpha value is -3.42. The highest BCUT2D eigenvalue weighted by Crippen LogP contribution is 2.33. The van der Waals surface area contributed by atoms with Gasteiger partial charge in [-0.3, -0.25) is 4.99 Å². The summed E-state index contributed by atoms with van der Waals surface area (Å²) in [4.78, 5) is 31.4. The van der Waals surface area contributed by atoms with Crippen molar-refractivity contribution in [3.63, 3.8) is 0 Å². The molecule has 0 aliphatic carbocycles. The minimum absolute atomic E-state index is 0.0481. The SMILES string of the molecule is COC(=O)C1=C(C)NC(c2ncccc2F)=NC1c1ccc(N=O)cc1. The van der Waals surface area contributed by atoms with E-state index in [0.29, 0.717) is 16.8 Å². The largest absolute Gasteiger partial charge is 0.466 e. The Labute approximate surface area is 148 Å². The molecule has 8 heteroatoms. The summed E-state index contributed by atoms with van der Waals surface area (Å²) < 4.78 is 19.0. The fraction of sp³-hybridized carbons (Fsp3) is 0.167. The third kappa shape index (κ3) is 3.21. The van der Waals surface area contributed by atoms with E-state index in [2.05, 4.69) is 20.5 Å². The highest BCUT2D eigenvalue weighted by molar-refractivity contribution is 6.02. The molecule has 0 spiro atoms. The molecule has 0 fully saturated rings. The molecule has 1 aliphatic heterocycles. The predicted octanol–water partition coefficient (Wildman–Crippen LogP) is 3.16. The Morgan fingerprint density at radius 1 is 1.27 bits per heavy atom. The average molecular weight is 354 g/mol. The first-order valence-electron chi connectivity index (χ1n) is 7.73. The maximum absolute atomic E-state index is 14.1. The van der Waals surface area contributed by atoms with Crippen LogP contribution < -0.4 is 5.32 Å². The van der Waals surface area contributed by atoms with Crippen LogP contribution in [-0.4, -0.2) is 23.9 Å². The van der Waals surface area contributed by atoms with E-state index in [0.717, 1.165) is 0 Å². The monoisotopic (exact) mass is 354 g/mol. The second-order valence-electron chi connectivity index (χ2n) is 5.55. The summed E-state index contributed by atoms with van der Waals surface area (Å²) in [6.45, 7) is 1.68. The number of hydrogen-bond donors (Lipinski definition) is 1. The number of nitrogens with one attached hydrogen (secondary N) is 1. The number of amidine groups is 1. The van der Waals surface area contributed by atoms with E-state index in [9.17, 15) is 14.1 Å². The zero-order valence-corrected chi connectivity index (χ0v) is 14.1. The van der Waals surface area contributed by atoms with Gasteiger partial charge in [-0.25, -0.2) is 14.2 Å². The number of halogens is 1. The zero-order chi connectivity index (χ0) is 18.7. The van der Waals surface area contributed by atoms with Gasteiger partial charge in [0.05, 0.1) is 12.7 Å². The molecule has 26 heavy (non-hydrogen) atoms. The van der Waals surface area contributed by atoms with Gasteiger partial charge in [0.25, 0.3) is 0 Å². The van der Waals surface area contributed by atoms with Crippen LogP contribution in [0.15, 0.2) is 64.0 Å². The number of benzene rings is 1. The van der Waals surface area contributed by atoms with Gasteiger partial charge in [0.1, 0.15) is 17.4 Å². The molecule has 1 N–H and O–H groups in total. The summed E-state index contributed by atoms with van der Waals surface area (Å²) in [5.74, 6) is -0.884. The Morgan fingerprint density at radius 3 is 2.62 bits per heavy atom. The third-order valence-electron chi connectivity index (χ3n) is 3.94. The lowest BCUT2D eigenvalue weighted by atomic mass is 9.95. The van der Waals surface area contributed by atoms with E-state index in [1.807, 2.05) is 0 Å². The summed E-state index contributed by atoms with van der Waals surface area (Å²) in [5.41, 5.74) is 1.70. The number of ether oxygens (including phenoxy) is 1. The van der Waals surface area contributed by atoms with Crippen molar-refractivity contribution in [3.8, 4) is 0 Å². The Kier molecular flexibility index (Phi) is 4.83. The predicted molar refractivity (Wildman–Crippen MR) is 93.2 cm³/mol. The Morgan fingerprint density at radius 2 is 2.00 bits per heavy atom. The molecule has 132 valence electrons. The summed E-state index contributed by atoms with van der Waals surface area (Å²) in [6, 6.07) is 8.34. The molecule has 1 aromatic heterocycles. The topological polar surface area (TPSA) is 93.0 Å². The van der Waals surface area contributed by atoms with Crippen molar-refractivity contribution in [2.45, 2.75) is 13.0 Å². The van der Waals surface area contributed by atoms with Crippen molar-refractivity contribution >= 4 is 17.5 Å². The van der Waals surface area contributed by atoms with Crippen LogP contribution in [0.25, 0.3) is 0 Å². The van der Waals surface area contributed by atoms with Crippen LogP contribution >= 0.6 is 0 Å². The van der Waals surface area contributed by atoms with Gasteiger partial charge in [-0.15, -0.1) is 4.91 Å². The lowest BCUT2D eigenvalue weighted by Gasteiger charge is -2.25. The van der Waals surface area contributed by atoms with Gasteiger partial charge in [0.15, 0.2) is 11.7 Å². The summed E-state index contributed by atoms with van der Waals surface area (Å²) >= 11 is 0. The molecular weight excluding hydrogens is 339 g/mol. The Balaban J connectivity index is 2.11.